The van der Waals surface area contributed by atoms with Gasteiger partial charge in [0.05, 0.1) is 30.7 Å². The van der Waals surface area contributed by atoms with Gasteiger partial charge in [0.1, 0.15) is 0 Å². The lowest BCUT2D eigenvalue weighted by Crippen LogP contribution is -2.30. The minimum absolute atomic E-state index is 0.0291. The van der Waals surface area contributed by atoms with E-state index in [9.17, 15) is 0 Å². The smallest absolute Gasteiger partial charge is 0.223 e. The molecule has 1 aromatic heterocycles. The van der Waals surface area contributed by atoms with Crippen molar-refractivity contribution in [3.63, 3.8) is 0 Å². The maximum absolute atomic E-state index is 9.07. The van der Waals surface area contributed by atoms with Crippen LogP contribution in [0.1, 0.15) is 13.8 Å². The summed E-state index contributed by atoms with van der Waals surface area (Å²) in [6, 6.07) is -0.0291. The number of nitrogen functional groups attached to an aromatic ring is 1. The lowest BCUT2D eigenvalue weighted by atomic mass is 10.1. The Bertz CT molecular complexity index is 273. The maximum atomic E-state index is 9.07. The predicted octanol–water partition coefficient (Wildman–Crippen LogP) is 0.488. The first-order valence-electron chi connectivity index (χ1n) is 4.58. The van der Waals surface area contributed by atoms with Crippen LogP contribution in [0.5, 0.6) is 0 Å². The predicted molar refractivity (Wildman–Crippen MR) is 55.8 cm³/mol. The van der Waals surface area contributed by atoms with Gasteiger partial charge in [-0.25, -0.2) is 9.97 Å². The van der Waals surface area contributed by atoms with E-state index >= 15 is 0 Å². The Hall–Kier alpha value is -1.36. The zero-order chi connectivity index (χ0) is 10.6. The molecule has 0 saturated carbocycles. The number of aromatic nitrogens is 2. The second kappa shape index (κ2) is 4.76. The Morgan fingerprint density at radius 2 is 2.00 bits per heavy atom. The summed E-state index contributed by atoms with van der Waals surface area (Å²) in [6.07, 6.45) is 3.06. The molecule has 1 aromatic rings. The van der Waals surface area contributed by atoms with E-state index in [-0.39, 0.29) is 12.6 Å². The Kier molecular flexibility index (Phi) is 3.64. The molecular weight excluding hydrogens is 180 g/mol. The van der Waals surface area contributed by atoms with Gasteiger partial charge in [0.2, 0.25) is 5.95 Å². The maximum Gasteiger partial charge on any atom is 0.223 e. The quantitative estimate of drug-likeness (QED) is 0.652. The number of rotatable bonds is 4. The number of aliphatic hydroxyl groups is 1. The number of nitrogens with zero attached hydrogens (tertiary/aromatic N) is 2. The van der Waals surface area contributed by atoms with Crippen molar-refractivity contribution in [1.29, 1.82) is 0 Å². The molecule has 0 saturated heterocycles. The van der Waals surface area contributed by atoms with E-state index in [0.29, 0.717) is 17.6 Å². The van der Waals surface area contributed by atoms with E-state index in [0.717, 1.165) is 0 Å². The van der Waals surface area contributed by atoms with Crippen LogP contribution in [0.2, 0.25) is 0 Å². The van der Waals surface area contributed by atoms with Gasteiger partial charge >= 0.3 is 0 Å². The van der Waals surface area contributed by atoms with Gasteiger partial charge in [0, 0.05) is 0 Å². The molecule has 78 valence electrons. The van der Waals surface area contributed by atoms with Crippen LogP contribution in [0.15, 0.2) is 12.4 Å². The van der Waals surface area contributed by atoms with Crippen LogP contribution in [-0.2, 0) is 0 Å². The molecule has 0 spiro atoms. The fourth-order valence-corrected chi connectivity index (χ4v) is 1.00. The molecule has 1 atom stereocenters. The second-order valence-corrected chi connectivity index (χ2v) is 3.52. The summed E-state index contributed by atoms with van der Waals surface area (Å²) in [7, 11) is 0. The van der Waals surface area contributed by atoms with Crippen LogP contribution in [0.4, 0.5) is 11.6 Å². The molecule has 0 amide bonds. The Labute approximate surface area is 83.4 Å². The molecule has 0 aliphatic rings. The minimum atomic E-state index is -0.0291. The molecule has 0 fully saturated rings. The standard InChI is InChI=1S/C9H16N4O/c1-6(2)8(5-14)13-9-11-3-7(10)4-12-9/h3-4,6,8,14H,5,10H2,1-2H3,(H,11,12,13). The van der Waals surface area contributed by atoms with E-state index in [4.69, 9.17) is 10.8 Å². The first kappa shape index (κ1) is 10.7. The van der Waals surface area contributed by atoms with E-state index in [1.807, 2.05) is 13.8 Å². The average Bonchev–Trinajstić information content (AvgIpc) is 2.16. The SMILES string of the molecule is CC(C)C(CO)Nc1ncc(N)cn1. The summed E-state index contributed by atoms with van der Waals surface area (Å²) < 4.78 is 0. The molecule has 0 radical (unpaired) electrons. The van der Waals surface area contributed by atoms with Crippen LogP contribution < -0.4 is 11.1 Å². The van der Waals surface area contributed by atoms with Gasteiger partial charge in [-0.1, -0.05) is 13.8 Å². The molecular formula is C9H16N4O. The molecule has 1 heterocycles. The highest BCUT2D eigenvalue weighted by atomic mass is 16.3. The summed E-state index contributed by atoms with van der Waals surface area (Å²) in [5.41, 5.74) is 5.98. The van der Waals surface area contributed by atoms with Crippen LogP contribution in [0, 0.1) is 5.92 Å². The van der Waals surface area contributed by atoms with E-state index in [1.54, 1.807) is 0 Å². The van der Waals surface area contributed by atoms with Crippen molar-refractivity contribution in [2.75, 3.05) is 17.7 Å². The number of nitrogens with one attached hydrogen (secondary N) is 1. The van der Waals surface area contributed by atoms with Gasteiger partial charge in [0.15, 0.2) is 0 Å². The summed E-state index contributed by atoms with van der Waals surface area (Å²) in [5.74, 6) is 0.813. The van der Waals surface area contributed by atoms with Crippen LogP contribution in [-0.4, -0.2) is 27.7 Å². The van der Waals surface area contributed by atoms with Gasteiger partial charge < -0.3 is 16.2 Å². The zero-order valence-electron chi connectivity index (χ0n) is 8.44. The first-order valence-corrected chi connectivity index (χ1v) is 4.58. The minimum Gasteiger partial charge on any atom is -0.396 e. The van der Waals surface area contributed by atoms with E-state index < -0.39 is 0 Å². The highest BCUT2D eigenvalue weighted by molar-refractivity contribution is 5.36. The molecule has 5 heteroatoms. The molecule has 0 aliphatic heterocycles. The van der Waals surface area contributed by atoms with Crippen molar-refractivity contribution < 1.29 is 5.11 Å². The van der Waals surface area contributed by atoms with Crippen molar-refractivity contribution in [3.05, 3.63) is 12.4 Å². The lowest BCUT2D eigenvalue weighted by Gasteiger charge is -2.19. The van der Waals surface area contributed by atoms with Crippen molar-refractivity contribution >= 4 is 11.6 Å². The van der Waals surface area contributed by atoms with Gasteiger partial charge in [-0.05, 0) is 5.92 Å². The Balaban J connectivity index is 2.63. The molecule has 4 N–H and O–H groups in total. The molecule has 1 rings (SSSR count). The summed E-state index contributed by atoms with van der Waals surface area (Å²) in [5, 5.41) is 12.1. The third-order valence-corrected chi connectivity index (χ3v) is 1.99. The fourth-order valence-electron chi connectivity index (χ4n) is 1.00. The highest BCUT2D eigenvalue weighted by Crippen LogP contribution is 2.08. The second-order valence-electron chi connectivity index (χ2n) is 3.52. The van der Waals surface area contributed by atoms with Crippen LogP contribution in [0.25, 0.3) is 0 Å². The number of aliphatic hydroxyl groups excluding tert-OH is 1. The van der Waals surface area contributed by atoms with Crippen molar-refractivity contribution in [2.45, 2.75) is 19.9 Å². The Morgan fingerprint density at radius 3 is 2.43 bits per heavy atom. The number of anilines is 2. The van der Waals surface area contributed by atoms with Gasteiger partial charge in [-0.3, -0.25) is 0 Å². The summed E-state index contributed by atoms with van der Waals surface area (Å²) >= 11 is 0. The van der Waals surface area contributed by atoms with Gasteiger partial charge in [0.25, 0.3) is 0 Å². The number of hydrogen-bond donors (Lipinski definition) is 3. The Morgan fingerprint density at radius 1 is 1.43 bits per heavy atom. The third-order valence-electron chi connectivity index (χ3n) is 1.99. The summed E-state index contributed by atoms with van der Waals surface area (Å²) in [4.78, 5) is 7.98. The molecule has 1 unspecified atom stereocenters. The van der Waals surface area contributed by atoms with Gasteiger partial charge in [-0.15, -0.1) is 0 Å². The third kappa shape index (κ3) is 2.85. The van der Waals surface area contributed by atoms with Gasteiger partial charge in [-0.2, -0.15) is 0 Å². The van der Waals surface area contributed by atoms with Crippen molar-refractivity contribution in [3.8, 4) is 0 Å². The molecule has 0 aliphatic carbocycles. The molecule has 0 aromatic carbocycles. The van der Waals surface area contributed by atoms with Crippen molar-refractivity contribution in [2.24, 2.45) is 5.92 Å². The normalized spacial score (nSPS) is 12.9. The monoisotopic (exact) mass is 196 g/mol. The lowest BCUT2D eigenvalue weighted by molar-refractivity contribution is 0.248. The topological polar surface area (TPSA) is 84.1 Å². The number of hydrogen-bond acceptors (Lipinski definition) is 5. The first-order chi connectivity index (χ1) is 6.63. The molecule has 5 nitrogen and oxygen atoms in total. The zero-order valence-corrected chi connectivity index (χ0v) is 8.44. The van der Waals surface area contributed by atoms with E-state index in [1.165, 1.54) is 12.4 Å². The fraction of sp³-hybridized carbons (Fsp3) is 0.556. The highest BCUT2D eigenvalue weighted by Gasteiger charge is 2.12. The molecule has 14 heavy (non-hydrogen) atoms. The largest absolute Gasteiger partial charge is 0.396 e. The van der Waals surface area contributed by atoms with Crippen LogP contribution in [0.3, 0.4) is 0 Å². The van der Waals surface area contributed by atoms with Crippen LogP contribution >= 0.6 is 0 Å². The van der Waals surface area contributed by atoms with E-state index in [2.05, 4.69) is 15.3 Å². The summed E-state index contributed by atoms with van der Waals surface area (Å²) in [6.45, 7) is 4.10. The average molecular weight is 196 g/mol. The molecule has 0 bridgehead atoms. The van der Waals surface area contributed by atoms with Crippen molar-refractivity contribution in [1.82, 2.24) is 9.97 Å². The number of nitrogens with two attached hydrogens (primary N) is 1.